The summed E-state index contributed by atoms with van der Waals surface area (Å²) in [7, 11) is 1.30. The zero-order valence-electron chi connectivity index (χ0n) is 21.5. The molecule has 3 N–H and O–H groups in total. The van der Waals surface area contributed by atoms with Crippen molar-refractivity contribution in [3.05, 3.63) is 53.9 Å². The van der Waals surface area contributed by atoms with Crippen LogP contribution in [0.3, 0.4) is 0 Å². The van der Waals surface area contributed by atoms with Crippen molar-refractivity contribution < 1.29 is 43.2 Å². The number of nitrogens with zero attached hydrogens (tertiary/aromatic N) is 1. The fraction of sp³-hybridized carbons (Fsp3) is 0.423. The van der Waals surface area contributed by atoms with Crippen LogP contribution in [0.4, 0.5) is 4.79 Å². The van der Waals surface area contributed by atoms with Crippen molar-refractivity contribution in [2.24, 2.45) is 5.92 Å². The molecule has 12 heteroatoms. The Hall–Kier alpha value is -4.35. The lowest BCUT2D eigenvalue weighted by atomic mass is 9.91. The van der Waals surface area contributed by atoms with Crippen molar-refractivity contribution >= 4 is 23.9 Å². The van der Waals surface area contributed by atoms with Gasteiger partial charge in [0, 0.05) is 18.3 Å². The standard InChI is InChI=1S/C26H31N3O9/c1-14(2)28-26(34)38-22-15(3)37-25(33)18(29-23(31)20-21(30)19(35-4)10-11-27-20)13-36-24(32)17(22)12-16-8-6-5-7-9-16/h5-11,14-15,17-18,22,30H,12-13H2,1-4H3,(H,28,34)(H,29,31). The van der Waals surface area contributed by atoms with E-state index in [1.165, 1.54) is 26.3 Å². The maximum atomic E-state index is 13.2. The number of methoxy groups -OCH3 is 1. The summed E-state index contributed by atoms with van der Waals surface area (Å²) >= 11 is 0. The minimum absolute atomic E-state index is 0.00524. The summed E-state index contributed by atoms with van der Waals surface area (Å²) in [5, 5.41) is 15.2. The van der Waals surface area contributed by atoms with Crippen molar-refractivity contribution in [3.8, 4) is 11.5 Å². The van der Waals surface area contributed by atoms with Gasteiger partial charge in [0.25, 0.3) is 5.91 Å². The Balaban J connectivity index is 1.86. The number of cyclic esters (lactones) is 2. The SMILES string of the molecule is COc1ccnc(C(=O)NC2COC(=O)C(Cc3ccccc3)C(OC(=O)NC(C)C)C(C)OC2=O)c1O. The second kappa shape index (κ2) is 12.7. The Labute approximate surface area is 219 Å². The molecule has 204 valence electrons. The van der Waals surface area contributed by atoms with Gasteiger partial charge in [-0.25, -0.2) is 14.6 Å². The Kier molecular flexibility index (Phi) is 9.47. The molecule has 0 spiro atoms. The molecule has 0 bridgehead atoms. The second-order valence-corrected chi connectivity index (χ2v) is 8.97. The third-order valence-electron chi connectivity index (χ3n) is 5.72. The summed E-state index contributed by atoms with van der Waals surface area (Å²) in [6, 6.07) is 8.72. The maximum absolute atomic E-state index is 13.2. The van der Waals surface area contributed by atoms with Gasteiger partial charge in [0.05, 0.1) is 7.11 Å². The molecular weight excluding hydrogens is 498 g/mol. The quantitative estimate of drug-likeness (QED) is 0.356. The number of nitrogens with one attached hydrogen (secondary N) is 2. The topological polar surface area (TPSA) is 162 Å². The van der Waals surface area contributed by atoms with E-state index in [1.807, 2.05) is 6.07 Å². The first kappa shape index (κ1) is 28.2. The van der Waals surface area contributed by atoms with Crippen LogP contribution in [0.25, 0.3) is 0 Å². The molecular formula is C26H31N3O9. The van der Waals surface area contributed by atoms with E-state index in [0.717, 1.165) is 5.56 Å². The predicted octanol–water partition coefficient (Wildman–Crippen LogP) is 1.74. The monoisotopic (exact) mass is 529 g/mol. The molecule has 2 amide bonds. The third-order valence-corrected chi connectivity index (χ3v) is 5.72. The number of ether oxygens (including phenoxy) is 4. The lowest BCUT2D eigenvalue weighted by molar-refractivity contribution is -0.159. The number of pyridine rings is 1. The van der Waals surface area contributed by atoms with E-state index in [-0.39, 0.29) is 18.2 Å². The number of benzene rings is 1. The number of carbonyl (C=O) groups excluding carboxylic acids is 4. The molecule has 2 heterocycles. The highest BCUT2D eigenvalue weighted by Crippen LogP contribution is 2.28. The average Bonchev–Trinajstić information content (AvgIpc) is 2.91. The van der Waals surface area contributed by atoms with Gasteiger partial charge >= 0.3 is 18.0 Å². The summed E-state index contributed by atoms with van der Waals surface area (Å²) in [5.41, 5.74) is 0.374. The van der Waals surface area contributed by atoms with Crippen LogP contribution in [0.2, 0.25) is 0 Å². The van der Waals surface area contributed by atoms with Gasteiger partial charge in [-0.1, -0.05) is 30.3 Å². The van der Waals surface area contributed by atoms with E-state index in [2.05, 4.69) is 15.6 Å². The molecule has 1 aliphatic rings. The number of carbonyl (C=O) groups is 4. The fourth-order valence-corrected chi connectivity index (χ4v) is 3.87. The van der Waals surface area contributed by atoms with E-state index >= 15 is 0 Å². The Morgan fingerprint density at radius 3 is 2.53 bits per heavy atom. The van der Waals surface area contributed by atoms with Crippen molar-refractivity contribution in [1.82, 2.24) is 15.6 Å². The molecule has 1 aromatic heterocycles. The summed E-state index contributed by atoms with van der Waals surface area (Å²) in [6.07, 6.45) is -1.68. The highest BCUT2D eigenvalue weighted by atomic mass is 16.6. The molecule has 1 saturated heterocycles. The van der Waals surface area contributed by atoms with Crippen molar-refractivity contribution in [3.63, 3.8) is 0 Å². The van der Waals surface area contributed by atoms with Crippen LogP contribution in [0.1, 0.15) is 36.8 Å². The van der Waals surface area contributed by atoms with Crippen LogP contribution >= 0.6 is 0 Å². The number of aromatic nitrogens is 1. The average molecular weight is 530 g/mol. The summed E-state index contributed by atoms with van der Waals surface area (Å²) in [4.78, 5) is 55.3. The Bertz CT molecular complexity index is 1160. The Morgan fingerprint density at radius 2 is 1.87 bits per heavy atom. The first-order chi connectivity index (χ1) is 18.1. The molecule has 1 aliphatic heterocycles. The molecule has 2 aromatic rings. The molecule has 0 saturated carbocycles. The number of rotatable bonds is 7. The van der Waals surface area contributed by atoms with E-state index in [4.69, 9.17) is 18.9 Å². The summed E-state index contributed by atoms with van der Waals surface area (Å²) in [5.74, 6) is -4.14. The number of esters is 2. The molecule has 4 atom stereocenters. The smallest absolute Gasteiger partial charge is 0.407 e. The zero-order chi connectivity index (χ0) is 27.8. The normalized spacial score (nSPS) is 21.7. The third kappa shape index (κ3) is 7.11. The first-order valence-corrected chi connectivity index (χ1v) is 12.0. The molecule has 1 aromatic carbocycles. The molecule has 0 radical (unpaired) electrons. The van der Waals surface area contributed by atoms with Gasteiger partial charge in [-0.15, -0.1) is 0 Å². The number of hydrogen-bond acceptors (Lipinski definition) is 10. The van der Waals surface area contributed by atoms with Crippen molar-refractivity contribution in [2.75, 3.05) is 13.7 Å². The van der Waals surface area contributed by atoms with Crippen LogP contribution in [0.5, 0.6) is 11.5 Å². The van der Waals surface area contributed by atoms with E-state index in [0.29, 0.717) is 0 Å². The number of amides is 2. The van der Waals surface area contributed by atoms with Gasteiger partial charge in [0.2, 0.25) is 0 Å². The van der Waals surface area contributed by atoms with Crippen LogP contribution in [-0.4, -0.2) is 72.0 Å². The van der Waals surface area contributed by atoms with Crippen LogP contribution < -0.4 is 15.4 Å². The lowest BCUT2D eigenvalue weighted by Gasteiger charge is -2.29. The first-order valence-electron chi connectivity index (χ1n) is 12.0. The summed E-state index contributed by atoms with van der Waals surface area (Å²) in [6.45, 7) is 4.41. The number of aromatic hydroxyl groups is 1. The summed E-state index contributed by atoms with van der Waals surface area (Å²) < 4.78 is 21.5. The van der Waals surface area contributed by atoms with E-state index < -0.39 is 66.2 Å². The number of alkyl carbamates (subject to hydrolysis) is 1. The van der Waals surface area contributed by atoms with E-state index in [1.54, 1.807) is 38.1 Å². The Morgan fingerprint density at radius 1 is 1.16 bits per heavy atom. The van der Waals surface area contributed by atoms with Gasteiger partial charge in [-0.3, -0.25) is 9.59 Å². The van der Waals surface area contributed by atoms with Gasteiger partial charge < -0.3 is 34.7 Å². The maximum Gasteiger partial charge on any atom is 0.407 e. The number of hydrogen-bond donors (Lipinski definition) is 3. The highest BCUT2D eigenvalue weighted by molar-refractivity contribution is 5.98. The van der Waals surface area contributed by atoms with Gasteiger partial charge in [0.15, 0.2) is 29.3 Å². The molecule has 3 rings (SSSR count). The molecule has 12 nitrogen and oxygen atoms in total. The predicted molar refractivity (Wildman–Crippen MR) is 132 cm³/mol. The van der Waals surface area contributed by atoms with Crippen molar-refractivity contribution in [1.29, 1.82) is 0 Å². The van der Waals surface area contributed by atoms with Crippen molar-refractivity contribution in [2.45, 2.75) is 51.5 Å². The second-order valence-electron chi connectivity index (χ2n) is 8.97. The molecule has 38 heavy (non-hydrogen) atoms. The minimum Gasteiger partial charge on any atom is -0.503 e. The zero-order valence-corrected chi connectivity index (χ0v) is 21.5. The van der Waals surface area contributed by atoms with Crippen LogP contribution in [0.15, 0.2) is 42.6 Å². The largest absolute Gasteiger partial charge is 0.503 e. The van der Waals surface area contributed by atoms with Crippen LogP contribution in [0, 0.1) is 5.92 Å². The highest BCUT2D eigenvalue weighted by Gasteiger charge is 2.42. The molecule has 1 fully saturated rings. The van der Waals surface area contributed by atoms with Gasteiger partial charge in [0.1, 0.15) is 18.6 Å². The fourth-order valence-electron chi connectivity index (χ4n) is 3.87. The minimum atomic E-state index is -1.43. The van der Waals surface area contributed by atoms with Crippen LogP contribution in [-0.2, 0) is 30.2 Å². The van der Waals surface area contributed by atoms with Gasteiger partial charge in [-0.2, -0.15) is 0 Å². The molecule has 0 aliphatic carbocycles. The lowest BCUT2D eigenvalue weighted by Crippen LogP contribution is -2.47. The molecule has 4 unspecified atom stereocenters. The van der Waals surface area contributed by atoms with E-state index in [9.17, 15) is 24.3 Å². The van der Waals surface area contributed by atoms with Gasteiger partial charge in [-0.05, 0) is 32.8 Å².